The van der Waals surface area contributed by atoms with Crippen molar-refractivity contribution in [3.63, 3.8) is 0 Å². The smallest absolute Gasteiger partial charge is 0.195 e. The first-order valence-electron chi connectivity index (χ1n) is 2.63. The van der Waals surface area contributed by atoms with E-state index >= 15 is 0 Å². The fourth-order valence-corrected chi connectivity index (χ4v) is 1.06. The minimum absolute atomic E-state index is 0.211. The van der Waals surface area contributed by atoms with Crippen molar-refractivity contribution in [1.29, 1.82) is 0 Å². The SMILES string of the molecule is Cc1[nH]c(F)c(C)c1I. The molecule has 1 rings (SSSR count). The number of rotatable bonds is 0. The second-order valence-electron chi connectivity index (χ2n) is 2.00. The van der Waals surface area contributed by atoms with Gasteiger partial charge in [-0.3, -0.25) is 0 Å². The van der Waals surface area contributed by atoms with Crippen LogP contribution in [0.5, 0.6) is 0 Å². The summed E-state index contributed by atoms with van der Waals surface area (Å²) < 4.78 is 13.5. The highest BCUT2D eigenvalue weighted by Crippen LogP contribution is 2.17. The summed E-state index contributed by atoms with van der Waals surface area (Å²) in [6.07, 6.45) is 0. The molecule has 0 saturated carbocycles. The predicted octanol–water partition coefficient (Wildman–Crippen LogP) is 2.38. The van der Waals surface area contributed by atoms with Gasteiger partial charge in [0.25, 0.3) is 0 Å². The largest absolute Gasteiger partial charge is 0.335 e. The van der Waals surface area contributed by atoms with Gasteiger partial charge in [0.15, 0.2) is 5.95 Å². The molecule has 0 fully saturated rings. The summed E-state index contributed by atoms with van der Waals surface area (Å²) in [5.41, 5.74) is 1.62. The van der Waals surface area contributed by atoms with Crippen molar-refractivity contribution in [2.45, 2.75) is 13.8 Å². The first kappa shape index (κ1) is 7.05. The van der Waals surface area contributed by atoms with Gasteiger partial charge < -0.3 is 4.98 Å². The summed E-state index contributed by atoms with van der Waals surface area (Å²) in [6, 6.07) is 0. The molecule has 0 amide bonds. The Bertz CT molecular complexity index is 207. The summed E-state index contributed by atoms with van der Waals surface area (Å²) in [4.78, 5) is 2.60. The number of hydrogen-bond donors (Lipinski definition) is 1. The van der Waals surface area contributed by atoms with Crippen molar-refractivity contribution in [2.75, 3.05) is 0 Å². The van der Waals surface area contributed by atoms with Crippen molar-refractivity contribution in [1.82, 2.24) is 4.98 Å². The quantitative estimate of drug-likeness (QED) is 0.669. The third-order valence-corrected chi connectivity index (χ3v) is 2.90. The molecule has 1 N–H and O–H groups in total. The number of hydrogen-bond acceptors (Lipinski definition) is 0. The van der Waals surface area contributed by atoms with E-state index in [4.69, 9.17) is 0 Å². The summed E-state index contributed by atoms with van der Waals surface area (Å²) in [5, 5.41) is 0. The lowest BCUT2D eigenvalue weighted by molar-refractivity contribution is 0.581. The van der Waals surface area contributed by atoms with Crippen LogP contribution in [0.4, 0.5) is 4.39 Å². The van der Waals surface area contributed by atoms with Crippen molar-refractivity contribution in [3.8, 4) is 0 Å². The van der Waals surface area contributed by atoms with E-state index in [9.17, 15) is 4.39 Å². The van der Waals surface area contributed by atoms with Crippen LogP contribution in [0.1, 0.15) is 11.3 Å². The predicted molar refractivity (Wildman–Crippen MR) is 42.9 cm³/mol. The third kappa shape index (κ3) is 1.10. The zero-order valence-corrected chi connectivity index (χ0v) is 7.41. The average molecular weight is 239 g/mol. The van der Waals surface area contributed by atoms with Gasteiger partial charge in [-0.1, -0.05) is 0 Å². The average Bonchev–Trinajstić information content (AvgIpc) is 1.98. The molecule has 0 spiro atoms. The van der Waals surface area contributed by atoms with Crippen LogP contribution >= 0.6 is 22.6 Å². The molecule has 3 heteroatoms. The maximum absolute atomic E-state index is 12.5. The van der Waals surface area contributed by atoms with Gasteiger partial charge in [0.1, 0.15) is 0 Å². The Morgan fingerprint density at radius 2 is 2.00 bits per heavy atom. The molecule has 0 aliphatic heterocycles. The lowest BCUT2D eigenvalue weighted by atomic mass is 10.3. The first-order valence-corrected chi connectivity index (χ1v) is 3.71. The molecule has 0 radical (unpaired) electrons. The molecule has 0 bridgehead atoms. The summed E-state index contributed by atoms with van der Waals surface area (Å²) in [6.45, 7) is 3.62. The highest BCUT2D eigenvalue weighted by atomic mass is 127. The molecule has 0 atom stereocenters. The summed E-state index contributed by atoms with van der Waals surface area (Å²) in [5.74, 6) is -0.211. The topological polar surface area (TPSA) is 15.8 Å². The van der Waals surface area contributed by atoms with Gasteiger partial charge in [-0.2, -0.15) is 4.39 Å². The van der Waals surface area contributed by atoms with Gasteiger partial charge in [0.2, 0.25) is 0 Å². The zero-order chi connectivity index (χ0) is 7.02. The Morgan fingerprint density at radius 1 is 1.44 bits per heavy atom. The molecule has 0 aliphatic rings. The Labute approximate surface area is 66.8 Å². The van der Waals surface area contributed by atoms with Gasteiger partial charge in [-0.05, 0) is 36.4 Å². The highest BCUT2D eigenvalue weighted by Gasteiger charge is 2.06. The number of halogens is 2. The maximum atomic E-state index is 12.5. The number of H-pyrrole nitrogens is 1. The van der Waals surface area contributed by atoms with E-state index in [1.54, 1.807) is 6.92 Å². The number of aromatic nitrogens is 1. The van der Waals surface area contributed by atoms with Crippen LogP contribution in [0.2, 0.25) is 0 Å². The fraction of sp³-hybridized carbons (Fsp3) is 0.333. The van der Waals surface area contributed by atoms with E-state index in [0.29, 0.717) is 5.56 Å². The van der Waals surface area contributed by atoms with Gasteiger partial charge in [-0.25, -0.2) is 0 Å². The maximum Gasteiger partial charge on any atom is 0.195 e. The minimum atomic E-state index is -0.211. The molecule has 1 aromatic rings. The van der Waals surface area contributed by atoms with E-state index in [2.05, 4.69) is 27.6 Å². The van der Waals surface area contributed by atoms with Crippen molar-refractivity contribution in [3.05, 3.63) is 20.8 Å². The van der Waals surface area contributed by atoms with Crippen LogP contribution in [-0.2, 0) is 0 Å². The van der Waals surface area contributed by atoms with Crippen molar-refractivity contribution >= 4 is 22.6 Å². The molecule has 1 heterocycles. The molecular formula is C6H7FIN. The highest BCUT2D eigenvalue weighted by molar-refractivity contribution is 14.1. The number of aryl methyl sites for hydroxylation is 1. The second-order valence-corrected chi connectivity index (χ2v) is 3.08. The molecular weight excluding hydrogens is 232 g/mol. The van der Waals surface area contributed by atoms with E-state index in [0.717, 1.165) is 9.26 Å². The number of nitrogens with one attached hydrogen (secondary N) is 1. The minimum Gasteiger partial charge on any atom is -0.335 e. The monoisotopic (exact) mass is 239 g/mol. The zero-order valence-electron chi connectivity index (χ0n) is 5.26. The van der Waals surface area contributed by atoms with E-state index < -0.39 is 0 Å². The molecule has 0 aliphatic carbocycles. The van der Waals surface area contributed by atoms with Crippen LogP contribution in [0.25, 0.3) is 0 Å². The molecule has 0 aromatic carbocycles. The van der Waals surface area contributed by atoms with Gasteiger partial charge >= 0.3 is 0 Å². The third-order valence-electron chi connectivity index (χ3n) is 1.28. The van der Waals surface area contributed by atoms with Crippen LogP contribution < -0.4 is 0 Å². The summed E-state index contributed by atoms with van der Waals surface area (Å²) >= 11 is 2.12. The molecule has 50 valence electrons. The first-order chi connectivity index (χ1) is 4.13. The Hall–Kier alpha value is -0.0600. The van der Waals surface area contributed by atoms with Crippen LogP contribution in [0, 0.1) is 23.4 Å². The van der Waals surface area contributed by atoms with Gasteiger partial charge in [0, 0.05) is 14.8 Å². The Morgan fingerprint density at radius 3 is 2.11 bits per heavy atom. The standard InChI is InChI=1S/C6H7FIN/c1-3-5(8)4(2)9-6(3)7/h9H,1-2H3. The summed E-state index contributed by atoms with van der Waals surface area (Å²) in [7, 11) is 0. The normalized spacial score (nSPS) is 10.2. The van der Waals surface area contributed by atoms with E-state index in [-0.39, 0.29) is 5.95 Å². The van der Waals surface area contributed by atoms with Crippen LogP contribution in [0.3, 0.4) is 0 Å². The van der Waals surface area contributed by atoms with Crippen LogP contribution in [0.15, 0.2) is 0 Å². The van der Waals surface area contributed by atoms with E-state index in [1.165, 1.54) is 0 Å². The Balaban J connectivity index is 3.29. The van der Waals surface area contributed by atoms with Crippen molar-refractivity contribution in [2.24, 2.45) is 0 Å². The fourth-order valence-electron chi connectivity index (χ4n) is 0.691. The Kier molecular flexibility index (Phi) is 1.79. The molecule has 0 saturated heterocycles. The molecule has 9 heavy (non-hydrogen) atoms. The lowest BCUT2D eigenvalue weighted by Gasteiger charge is -1.84. The molecule has 0 unspecified atom stereocenters. The molecule has 1 nitrogen and oxygen atoms in total. The molecule has 1 aromatic heterocycles. The number of aromatic amines is 1. The van der Waals surface area contributed by atoms with E-state index in [1.807, 2.05) is 6.92 Å². The van der Waals surface area contributed by atoms with Gasteiger partial charge in [-0.15, -0.1) is 0 Å². The lowest BCUT2D eigenvalue weighted by Crippen LogP contribution is -1.74. The van der Waals surface area contributed by atoms with Crippen LogP contribution in [-0.4, -0.2) is 4.98 Å². The second kappa shape index (κ2) is 2.28. The van der Waals surface area contributed by atoms with Crippen molar-refractivity contribution < 1.29 is 4.39 Å². The van der Waals surface area contributed by atoms with Gasteiger partial charge in [0.05, 0.1) is 0 Å².